The number of carbonyl (C=O) groups excluding carboxylic acids is 1. The molecule has 0 amide bonds. The third-order valence-corrected chi connectivity index (χ3v) is 4.46. The molecule has 0 saturated carbocycles. The van der Waals surface area contributed by atoms with Gasteiger partial charge >= 0.3 is 5.97 Å². The third kappa shape index (κ3) is 3.59. The van der Waals surface area contributed by atoms with Crippen LogP contribution in [0, 0.1) is 13.8 Å². The second-order valence-electron chi connectivity index (χ2n) is 5.47. The van der Waals surface area contributed by atoms with Crippen molar-refractivity contribution >= 4 is 17.7 Å². The molecule has 1 N–H and O–H groups in total. The van der Waals surface area contributed by atoms with Gasteiger partial charge in [0.1, 0.15) is 6.61 Å². The maximum atomic E-state index is 12.8. The first-order valence-corrected chi connectivity index (χ1v) is 8.92. The van der Waals surface area contributed by atoms with Crippen molar-refractivity contribution in [2.24, 2.45) is 0 Å². The Balaban J connectivity index is 2.54. The highest BCUT2D eigenvalue weighted by atomic mass is 32.2. The molecule has 122 valence electrons. The number of hydrogen-bond acceptors (Lipinski definition) is 4. The van der Waals surface area contributed by atoms with Crippen molar-refractivity contribution in [2.75, 3.05) is 18.6 Å². The molecule has 0 fully saturated rings. The van der Waals surface area contributed by atoms with Crippen LogP contribution in [-0.4, -0.2) is 29.7 Å². The highest BCUT2D eigenvalue weighted by Gasteiger charge is 2.43. The molecule has 0 radical (unpaired) electrons. The zero-order chi connectivity index (χ0) is 16.9. The average Bonchev–Trinajstić information content (AvgIpc) is 2.55. The van der Waals surface area contributed by atoms with Crippen molar-refractivity contribution in [1.29, 1.82) is 0 Å². The fourth-order valence-electron chi connectivity index (χ4n) is 2.64. The monoisotopic (exact) mass is 330 g/mol. The minimum atomic E-state index is -1.80. The van der Waals surface area contributed by atoms with E-state index in [1.165, 1.54) is 0 Å². The Bertz CT molecular complexity index is 636. The molecular weight excluding hydrogens is 308 g/mol. The molecular formula is C19H22O3S. The number of aryl methyl sites for hydroxylation is 2. The Morgan fingerprint density at radius 2 is 1.52 bits per heavy atom. The SMILES string of the molecule is CSCCOC(=O)C(O)(c1ccccc1C)c1ccccc1C. The van der Waals surface area contributed by atoms with Gasteiger partial charge in [-0.3, -0.25) is 0 Å². The summed E-state index contributed by atoms with van der Waals surface area (Å²) in [6.45, 7) is 4.04. The molecule has 2 aromatic carbocycles. The Labute approximate surface area is 141 Å². The van der Waals surface area contributed by atoms with E-state index >= 15 is 0 Å². The summed E-state index contributed by atoms with van der Waals surface area (Å²) in [5.41, 5.74) is 1.02. The number of carbonyl (C=O) groups is 1. The molecule has 2 aromatic rings. The van der Waals surface area contributed by atoms with Crippen molar-refractivity contribution < 1.29 is 14.6 Å². The zero-order valence-electron chi connectivity index (χ0n) is 13.7. The Kier molecular flexibility index (Phi) is 5.85. The topological polar surface area (TPSA) is 46.5 Å². The summed E-state index contributed by atoms with van der Waals surface area (Å²) >= 11 is 1.59. The van der Waals surface area contributed by atoms with E-state index in [2.05, 4.69) is 0 Å². The molecule has 0 saturated heterocycles. The Morgan fingerprint density at radius 3 is 1.96 bits per heavy atom. The lowest BCUT2D eigenvalue weighted by Crippen LogP contribution is -2.40. The predicted molar refractivity (Wildman–Crippen MR) is 94.7 cm³/mol. The van der Waals surface area contributed by atoms with E-state index in [9.17, 15) is 9.90 Å². The van der Waals surface area contributed by atoms with Crippen LogP contribution < -0.4 is 0 Å². The average molecular weight is 330 g/mol. The third-order valence-electron chi connectivity index (χ3n) is 3.89. The molecule has 4 heteroatoms. The van der Waals surface area contributed by atoms with Crippen LogP contribution >= 0.6 is 11.8 Å². The van der Waals surface area contributed by atoms with Crippen LogP contribution in [0.2, 0.25) is 0 Å². The second kappa shape index (κ2) is 7.66. The summed E-state index contributed by atoms with van der Waals surface area (Å²) in [5.74, 6) is 0.0683. The number of thioether (sulfide) groups is 1. The lowest BCUT2D eigenvalue weighted by atomic mass is 9.82. The predicted octanol–water partition coefficient (Wildman–Crippen LogP) is 3.45. The number of benzene rings is 2. The number of ether oxygens (including phenoxy) is 1. The highest BCUT2D eigenvalue weighted by Crippen LogP contribution is 2.35. The van der Waals surface area contributed by atoms with Gasteiger partial charge in [-0.1, -0.05) is 48.5 Å². The van der Waals surface area contributed by atoms with Gasteiger partial charge in [0.05, 0.1) is 0 Å². The Hall–Kier alpha value is -1.78. The smallest absolute Gasteiger partial charge is 0.347 e. The first-order chi connectivity index (χ1) is 11.0. The van der Waals surface area contributed by atoms with E-state index in [1.54, 1.807) is 23.9 Å². The van der Waals surface area contributed by atoms with Gasteiger partial charge in [0.25, 0.3) is 0 Å². The van der Waals surface area contributed by atoms with Gasteiger partial charge in [-0.05, 0) is 31.2 Å². The van der Waals surface area contributed by atoms with Crippen LogP contribution in [0.1, 0.15) is 22.3 Å². The van der Waals surface area contributed by atoms with Gasteiger partial charge in [0.2, 0.25) is 5.60 Å². The van der Waals surface area contributed by atoms with Crippen LogP contribution in [0.4, 0.5) is 0 Å². The maximum absolute atomic E-state index is 12.8. The van der Waals surface area contributed by atoms with Gasteiger partial charge in [-0.2, -0.15) is 11.8 Å². The van der Waals surface area contributed by atoms with Gasteiger partial charge in [0, 0.05) is 16.9 Å². The van der Waals surface area contributed by atoms with Gasteiger partial charge in [0.15, 0.2) is 0 Å². The van der Waals surface area contributed by atoms with Crippen molar-refractivity contribution in [3.8, 4) is 0 Å². The normalized spacial score (nSPS) is 11.3. The van der Waals surface area contributed by atoms with Crippen molar-refractivity contribution in [3.05, 3.63) is 70.8 Å². The van der Waals surface area contributed by atoms with E-state index in [0.717, 1.165) is 11.1 Å². The second-order valence-corrected chi connectivity index (χ2v) is 6.45. The molecule has 2 rings (SSSR count). The van der Waals surface area contributed by atoms with Crippen LogP contribution in [0.15, 0.2) is 48.5 Å². The lowest BCUT2D eigenvalue weighted by Gasteiger charge is -2.29. The van der Waals surface area contributed by atoms with E-state index in [0.29, 0.717) is 16.9 Å². The standard InChI is InChI=1S/C19H22O3S/c1-14-8-4-6-10-16(14)19(21,18(20)22-12-13-23-3)17-11-7-5-9-15(17)2/h4-11,21H,12-13H2,1-3H3. The number of aliphatic hydroxyl groups is 1. The molecule has 0 aliphatic rings. The first-order valence-electron chi connectivity index (χ1n) is 7.52. The highest BCUT2D eigenvalue weighted by molar-refractivity contribution is 7.98. The first kappa shape index (κ1) is 17.6. The zero-order valence-corrected chi connectivity index (χ0v) is 14.5. The number of hydrogen-bond donors (Lipinski definition) is 1. The summed E-state index contributed by atoms with van der Waals surface area (Å²) in [6, 6.07) is 14.7. The molecule has 0 aliphatic heterocycles. The largest absolute Gasteiger partial charge is 0.462 e. The number of esters is 1. The fourth-order valence-corrected chi connectivity index (χ4v) is 2.89. The van der Waals surface area contributed by atoms with Crippen LogP contribution in [0.5, 0.6) is 0 Å². The molecule has 0 bridgehead atoms. The molecule has 0 spiro atoms. The minimum absolute atomic E-state index is 0.278. The molecule has 0 aromatic heterocycles. The molecule has 3 nitrogen and oxygen atoms in total. The number of rotatable bonds is 6. The van der Waals surface area contributed by atoms with Gasteiger partial charge in [-0.15, -0.1) is 0 Å². The molecule has 23 heavy (non-hydrogen) atoms. The van der Waals surface area contributed by atoms with E-state index < -0.39 is 11.6 Å². The van der Waals surface area contributed by atoms with Gasteiger partial charge in [-0.25, -0.2) is 4.79 Å². The summed E-state index contributed by atoms with van der Waals surface area (Å²) < 4.78 is 5.36. The molecule has 0 aliphatic carbocycles. The molecule has 0 unspecified atom stereocenters. The fraction of sp³-hybridized carbons (Fsp3) is 0.316. The summed E-state index contributed by atoms with van der Waals surface area (Å²) in [7, 11) is 0. The molecule has 0 atom stereocenters. The summed E-state index contributed by atoms with van der Waals surface area (Å²) in [5, 5.41) is 11.4. The van der Waals surface area contributed by atoms with Gasteiger partial charge < -0.3 is 9.84 Å². The van der Waals surface area contributed by atoms with Crippen molar-refractivity contribution in [3.63, 3.8) is 0 Å². The van der Waals surface area contributed by atoms with E-state index in [1.807, 2.05) is 56.5 Å². The van der Waals surface area contributed by atoms with Crippen LogP contribution in [0.3, 0.4) is 0 Å². The summed E-state index contributed by atoms with van der Waals surface area (Å²) in [6.07, 6.45) is 1.95. The lowest BCUT2D eigenvalue weighted by molar-refractivity contribution is -0.161. The maximum Gasteiger partial charge on any atom is 0.347 e. The minimum Gasteiger partial charge on any atom is -0.462 e. The van der Waals surface area contributed by atoms with Crippen LogP contribution in [0.25, 0.3) is 0 Å². The van der Waals surface area contributed by atoms with Crippen molar-refractivity contribution in [2.45, 2.75) is 19.4 Å². The quantitative estimate of drug-likeness (QED) is 0.651. The van der Waals surface area contributed by atoms with E-state index in [-0.39, 0.29) is 6.61 Å². The van der Waals surface area contributed by atoms with Crippen LogP contribution in [-0.2, 0) is 15.1 Å². The Morgan fingerprint density at radius 1 is 1.04 bits per heavy atom. The van der Waals surface area contributed by atoms with Crippen molar-refractivity contribution in [1.82, 2.24) is 0 Å². The summed E-state index contributed by atoms with van der Waals surface area (Å²) in [4.78, 5) is 12.8. The molecule has 0 heterocycles. The van der Waals surface area contributed by atoms with E-state index in [4.69, 9.17) is 4.74 Å².